The molecule has 1 unspecified atom stereocenters. The molecule has 0 bridgehead atoms. The summed E-state index contributed by atoms with van der Waals surface area (Å²) in [6, 6.07) is 7.65. The molecule has 0 spiro atoms. The Morgan fingerprint density at radius 1 is 1.00 bits per heavy atom. The van der Waals surface area contributed by atoms with Crippen LogP contribution in [0.4, 0.5) is 5.69 Å². The molecule has 0 saturated heterocycles. The minimum atomic E-state index is -0.863. The molecule has 0 heterocycles. The highest BCUT2D eigenvalue weighted by atomic mass is 35.5. The molecule has 0 aromatic heterocycles. The highest BCUT2D eigenvalue weighted by Gasteiger charge is 2.18. The number of hydrogen-bond acceptors (Lipinski definition) is 3. The topological polar surface area (TPSA) is 50.4 Å². The van der Waals surface area contributed by atoms with E-state index in [1.807, 2.05) is 0 Å². The van der Waals surface area contributed by atoms with E-state index in [1.165, 1.54) is 18.2 Å². The molecular formula is C16H11Cl5N2O2S. The lowest BCUT2D eigenvalue weighted by Gasteiger charge is -2.17. The molecule has 0 aliphatic heterocycles. The first-order valence-electron chi connectivity index (χ1n) is 7.05. The Morgan fingerprint density at radius 3 is 2.31 bits per heavy atom. The van der Waals surface area contributed by atoms with Crippen molar-refractivity contribution < 1.29 is 9.53 Å². The van der Waals surface area contributed by atoms with Crippen LogP contribution in [-0.4, -0.2) is 17.1 Å². The minimum Gasteiger partial charge on any atom is -0.479 e. The van der Waals surface area contributed by atoms with Gasteiger partial charge in [-0.25, -0.2) is 0 Å². The SMILES string of the molecule is CC(Oc1ccc(Cl)cc1Cl)C(=O)NC(=S)Nc1cc(Cl)c(Cl)cc1Cl. The molecule has 1 atom stereocenters. The average Bonchev–Trinajstić information content (AvgIpc) is 2.55. The van der Waals surface area contributed by atoms with Crippen LogP contribution in [-0.2, 0) is 4.79 Å². The lowest BCUT2D eigenvalue weighted by Crippen LogP contribution is -2.42. The Labute approximate surface area is 180 Å². The zero-order chi connectivity index (χ0) is 19.4. The number of halogens is 5. The molecule has 1 amide bonds. The first-order valence-corrected chi connectivity index (χ1v) is 9.35. The van der Waals surface area contributed by atoms with Crippen molar-refractivity contribution in [1.82, 2.24) is 5.32 Å². The molecule has 26 heavy (non-hydrogen) atoms. The van der Waals surface area contributed by atoms with Crippen LogP contribution in [0.5, 0.6) is 5.75 Å². The van der Waals surface area contributed by atoms with Crippen LogP contribution in [0.2, 0.25) is 25.1 Å². The predicted molar refractivity (Wildman–Crippen MR) is 112 cm³/mol. The number of rotatable bonds is 4. The van der Waals surface area contributed by atoms with Gasteiger partial charge < -0.3 is 10.1 Å². The monoisotopic (exact) mass is 470 g/mol. The number of amides is 1. The van der Waals surface area contributed by atoms with Gasteiger partial charge in [-0.3, -0.25) is 10.1 Å². The van der Waals surface area contributed by atoms with Gasteiger partial charge in [0.25, 0.3) is 5.91 Å². The molecule has 2 N–H and O–H groups in total. The van der Waals surface area contributed by atoms with Crippen molar-refractivity contribution in [3.8, 4) is 5.75 Å². The van der Waals surface area contributed by atoms with E-state index < -0.39 is 12.0 Å². The Bertz CT molecular complexity index is 863. The van der Waals surface area contributed by atoms with Crippen molar-refractivity contribution in [2.45, 2.75) is 13.0 Å². The highest BCUT2D eigenvalue weighted by Crippen LogP contribution is 2.32. The van der Waals surface area contributed by atoms with E-state index >= 15 is 0 Å². The minimum absolute atomic E-state index is 0.0212. The summed E-state index contributed by atoms with van der Waals surface area (Å²) in [6.07, 6.45) is -0.863. The molecule has 2 aromatic rings. The Hall–Kier alpha value is -0.950. The van der Waals surface area contributed by atoms with Gasteiger partial charge >= 0.3 is 0 Å². The molecule has 138 valence electrons. The smallest absolute Gasteiger partial charge is 0.266 e. The van der Waals surface area contributed by atoms with Crippen LogP contribution in [0.1, 0.15) is 6.92 Å². The van der Waals surface area contributed by atoms with E-state index in [2.05, 4.69) is 10.6 Å². The molecule has 2 rings (SSSR count). The maximum Gasteiger partial charge on any atom is 0.266 e. The number of carbonyl (C=O) groups is 1. The number of benzene rings is 2. The number of ether oxygens (including phenoxy) is 1. The molecule has 10 heteroatoms. The van der Waals surface area contributed by atoms with Crippen molar-refractivity contribution in [3.05, 3.63) is 55.4 Å². The lowest BCUT2D eigenvalue weighted by atomic mass is 10.3. The number of hydrogen-bond donors (Lipinski definition) is 2. The Morgan fingerprint density at radius 2 is 1.65 bits per heavy atom. The quantitative estimate of drug-likeness (QED) is 0.409. The van der Waals surface area contributed by atoms with Crippen molar-refractivity contribution in [3.63, 3.8) is 0 Å². The van der Waals surface area contributed by atoms with Crippen LogP contribution >= 0.6 is 70.2 Å². The van der Waals surface area contributed by atoms with Gasteiger partial charge in [-0.2, -0.15) is 0 Å². The van der Waals surface area contributed by atoms with Crippen LogP contribution < -0.4 is 15.4 Å². The van der Waals surface area contributed by atoms with Crippen molar-refractivity contribution in [2.75, 3.05) is 5.32 Å². The number of carbonyl (C=O) groups excluding carboxylic acids is 1. The van der Waals surface area contributed by atoms with Gasteiger partial charge in [0.1, 0.15) is 5.75 Å². The predicted octanol–water partition coefficient (Wildman–Crippen LogP) is 6.23. The second-order valence-electron chi connectivity index (χ2n) is 5.02. The van der Waals surface area contributed by atoms with Gasteiger partial charge in [0, 0.05) is 5.02 Å². The maximum absolute atomic E-state index is 12.2. The largest absolute Gasteiger partial charge is 0.479 e. The second kappa shape index (κ2) is 9.31. The van der Waals surface area contributed by atoms with E-state index in [0.29, 0.717) is 36.6 Å². The standard InChI is InChI=1S/C16H11Cl5N2O2S/c1-7(25-14-3-2-8(17)4-12(14)21)15(24)23-16(26)22-13-6-10(19)9(18)5-11(13)20/h2-7H,1H3,(H2,22,23,24,26). The molecular weight excluding hydrogens is 462 g/mol. The summed E-state index contributed by atoms with van der Waals surface area (Å²) in [5.41, 5.74) is 0.403. The van der Waals surface area contributed by atoms with Gasteiger partial charge in [0.2, 0.25) is 0 Å². The Balaban J connectivity index is 1.98. The van der Waals surface area contributed by atoms with Crippen LogP contribution in [0.15, 0.2) is 30.3 Å². The van der Waals surface area contributed by atoms with E-state index in [-0.39, 0.29) is 5.11 Å². The summed E-state index contributed by atoms with van der Waals surface area (Å²) >= 11 is 34.8. The zero-order valence-electron chi connectivity index (χ0n) is 13.1. The van der Waals surface area contributed by atoms with Gasteiger partial charge in [0.05, 0.1) is 25.8 Å². The van der Waals surface area contributed by atoms with E-state index in [1.54, 1.807) is 19.1 Å². The van der Waals surface area contributed by atoms with Crippen molar-refractivity contribution in [1.29, 1.82) is 0 Å². The fraction of sp³-hybridized carbons (Fsp3) is 0.125. The summed E-state index contributed by atoms with van der Waals surface area (Å²) in [7, 11) is 0. The number of thiocarbonyl (C=S) groups is 1. The van der Waals surface area contributed by atoms with Gasteiger partial charge in [0.15, 0.2) is 11.2 Å². The normalized spacial score (nSPS) is 11.6. The van der Waals surface area contributed by atoms with Crippen LogP contribution in [0, 0.1) is 0 Å². The molecule has 4 nitrogen and oxygen atoms in total. The number of anilines is 1. The molecule has 0 aliphatic rings. The van der Waals surface area contributed by atoms with E-state index in [4.69, 9.17) is 75.0 Å². The molecule has 0 aliphatic carbocycles. The molecule has 0 radical (unpaired) electrons. The van der Waals surface area contributed by atoms with E-state index in [9.17, 15) is 4.79 Å². The highest BCUT2D eigenvalue weighted by molar-refractivity contribution is 7.80. The first kappa shape index (κ1) is 21.4. The van der Waals surface area contributed by atoms with Gasteiger partial charge in [-0.15, -0.1) is 0 Å². The molecule has 0 fully saturated rings. The van der Waals surface area contributed by atoms with Crippen LogP contribution in [0.25, 0.3) is 0 Å². The third-order valence-electron chi connectivity index (χ3n) is 3.06. The van der Waals surface area contributed by atoms with Gasteiger partial charge in [-0.05, 0) is 49.5 Å². The Kier molecular flexibility index (Phi) is 7.64. The number of nitrogens with one attached hydrogen (secondary N) is 2. The third-order valence-corrected chi connectivity index (χ3v) is 4.83. The van der Waals surface area contributed by atoms with Crippen molar-refractivity contribution >= 4 is 86.9 Å². The second-order valence-corrected chi connectivity index (χ2v) is 7.50. The average molecular weight is 473 g/mol. The molecule has 0 saturated carbocycles. The maximum atomic E-state index is 12.2. The van der Waals surface area contributed by atoms with Gasteiger partial charge in [-0.1, -0.05) is 58.0 Å². The summed E-state index contributed by atoms with van der Waals surface area (Å²) in [4.78, 5) is 12.2. The zero-order valence-corrected chi connectivity index (χ0v) is 17.7. The van der Waals surface area contributed by atoms with E-state index in [0.717, 1.165) is 0 Å². The summed E-state index contributed by atoms with van der Waals surface area (Å²) in [6.45, 7) is 1.55. The summed E-state index contributed by atoms with van der Waals surface area (Å²) < 4.78 is 5.52. The third kappa shape index (κ3) is 5.78. The summed E-state index contributed by atoms with van der Waals surface area (Å²) in [5.74, 6) is -0.158. The fourth-order valence-corrected chi connectivity index (χ4v) is 3.06. The van der Waals surface area contributed by atoms with Crippen molar-refractivity contribution in [2.24, 2.45) is 0 Å². The fourth-order valence-electron chi connectivity index (χ4n) is 1.80. The molecule has 2 aromatic carbocycles. The van der Waals surface area contributed by atoms with Crippen LogP contribution in [0.3, 0.4) is 0 Å². The summed E-state index contributed by atoms with van der Waals surface area (Å²) in [5, 5.41) is 6.94. The first-order chi connectivity index (χ1) is 12.2. The lowest BCUT2D eigenvalue weighted by molar-refractivity contribution is -0.125.